The van der Waals surface area contributed by atoms with Gasteiger partial charge in [-0.2, -0.15) is 0 Å². The summed E-state index contributed by atoms with van der Waals surface area (Å²) in [6, 6.07) is 0. The van der Waals surface area contributed by atoms with E-state index in [4.69, 9.17) is 14.2 Å². The number of esters is 3. The highest BCUT2D eigenvalue weighted by Gasteiger charge is 2.65. The van der Waals surface area contributed by atoms with Gasteiger partial charge < -0.3 is 19.3 Å². The quantitative estimate of drug-likeness (QED) is 0.415. The summed E-state index contributed by atoms with van der Waals surface area (Å²) >= 11 is 0. The van der Waals surface area contributed by atoms with Crippen molar-refractivity contribution in [2.24, 2.45) is 11.8 Å². The van der Waals surface area contributed by atoms with Crippen molar-refractivity contribution in [2.45, 2.75) is 65.0 Å². The van der Waals surface area contributed by atoms with Gasteiger partial charge in [0.1, 0.15) is 12.2 Å². The van der Waals surface area contributed by atoms with Gasteiger partial charge in [-0.05, 0) is 33.8 Å². The zero-order chi connectivity index (χ0) is 22.5. The molecule has 0 spiro atoms. The van der Waals surface area contributed by atoms with Crippen LogP contribution in [-0.2, 0) is 33.4 Å². The Kier molecular flexibility index (Phi) is 5.49. The maximum Gasteiger partial charge on any atom is 0.351 e. The largest absolute Gasteiger partial charge is 0.458 e. The highest BCUT2D eigenvalue weighted by molar-refractivity contribution is 6.09. The lowest BCUT2D eigenvalue weighted by molar-refractivity contribution is -0.176. The van der Waals surface area contributed by atoms with Crippen molar-refractivity contribution >= 4 is 23.7 Å². The number of ketones is 1. The van der Waals surface area contributed by atoms with Gasteiger partial charge in [0, 0.05) is 24.8 Å². The van der Waals surface area contributed by atoms with Gasteiger partial charge in [0.05, 0.1) is 17.6 Å². The fraction of sp³-hybridized carbons (Fsp3) is 0.545. The summed E-state index contributed by atoms with van der Waals surface area (Å²) in [6.45, 7) is 11.1. The van der Waals surface area contributed by atoms with E-state index in [2.05, 4.69) is 6.58 Å². The molecule has 0 aromatic rings. The molecule has 1 N–H and O–H groups in total. The maximum absolute atomic E-state index is 12.8. The molecule has 0 aromatic carbocycles. The highest BCUT2D eigenvalue weighted by Crippen LogP contribution is 2.51. The third-order valence-corrected chi connectivity index (χ3v) is 6.14. The number of aliphatic hydroxyl groups is 1. The van der Waals surface area contributed by atoms with Crippen molar-refractivity contribution in [3.63, 3.8) is 0 Å². The van der Waals surface area contributed by atoms with Crippen LogP contribution in [0.15, 0.2) is 34.9 Å². The van der Waals surface area contributed by atoms with Crippen LogP contribution in [0.1, 0.15) is 41.0 Å². The second-order valence-corrected chi connectivity index (χ2v) is 8.37. The monoisotopic (exact) mass is 418 g/mol. The molecule has 0 aromatic heterocycles. The predicted octanol–water partition coefficient (Wildman–Crippen LogP) is 1.56. The average Bonchev–Trinajstić information content (AvgIpc) is 3.00. The molecular weight excluding hydrogens is 392 g/mol. The Hall–Kier alpha value is -2.74. The second-order valence-electron chi connectivity index (χ2n) is 8.37. The molecule has 0 radical (unpaired) electrons. The van der Waals surface area contributed by atoms with E-state index in [-0.39, 0.29) is 17.8 Å². The molecule has 1 aliphatic heterocycles. The standard InChI is InChI=1S/C22H26O8/c1-9-7-14(25)16-10(2)8-15(28-20(26)11(3)12(4)23)18-19(17(9)16)29-21(27)22(18,6)30-13(5)24/h7,12,15,17-19,23H,3,8H2,1-2,4-6H3/t12-,15+,17-,18-,19+,22+/m1/s1. The molecule has 0 amide bonds. The summed E-state index contributed by atoms with van der Waals surface area (Å²) < 4.78 is 16.7. The molecule has 1 saturated heterocycles. The molecule has 3 rings (SSSR count). The van der Waals surface area contributed by atoms with E-state index >= 15 is 0 Å². The third-order valence-electron chi connectivity index (χ3n) is 6.14. The number of allylic oxidation sites excluding steroid dienone is 1. The van der Waals surface area contributed by atoms with Crippen LogP contribution in [0.25, 0.3) is 0 Å². The maximum atomic E-state index is 12.8. The minimum atomic E-state index is -1.70. The van der Waals surface area contributed by atoms with E-state index in [1.807, 2.05) is 0 Å². The zero-order valence-corrected chi connectivity index (χ0v) is 17.7. The normalized spacial score (nSPS) is 33.7. The second kappa shape index (κ2) is 7.50. The van der Waals surface area contributed by atoms with Crippen molar-refractivity contribution in [3.05, 3.63) is 34.9 Å². The van der Waals surface area contributed by atoms with E-state index < -0.39 is 53.7 Å². The first-order valence-corrected chi connectivity index (χ1v) is 9.79. The van der Waals surface area contributed by atoms with Crippen molar-refractivity contribution in [1.29, 1.82) is 0 Å². The lowest BCUT2D eigenvalue weighted by Gasteiger charge is -2.34. The first-order chi connectivity index (χ1) is 13.9. The summed E-state index contributed by atoms with van der Waals surface area (Å²) in [6.07, 6.45) is -1.25. The molecule has 6 atom stereocenters. The first-order valence-electron chi connectivity index (χ1n) is 9.79. The minimum Gasteiger partial charge on any atom is -0.458 e. The molecule has 1 fully saturated rings. The summed E-state index contributed by atoms with van der Waals surface area (Å²) in [5.74, 6) is -3.81. The van der Waals surface area contributed by atoms with Gasteiger partial charge >= 0.3 is 17.9 Å². The molecule has 0 saturated carbocycles. The minimum absolute atomic E-state index is 0.145. The topological polar surface area (TPSA) is 116 Å². The molecule has 8 nitrogen and oxygen atoms in total. The molecular formula is C22H26O8. The van der Waals surface area contributed by atoms with Crippen LogP contribution in [0.3, 0.4) is 0 Å². The number of aliphatic hydroxyl groups excluding tert-OH is 1. The molecule has 0 unspecified atom stereocenters. The Morgan fingerprint density at radius 2 is 1.97 bits per heavy atom. The summed E-state index contributed by atoms with van der Waals surface area (Å²) in [5, 5.41) is 9.67. The average molecular weight is 418 g/mol. The number of hydrogen-bond acceptors (Lipinski definition) is 8. The Morgan fingerprint density at radius 1 is 1.33 bits per heavy atom. The number of carbonyl (C=O) groups is 4. The number of hydrogen-bond donors (Lipinski definition) is 1. The van der Waals surface area contributed by atoms with Crippen LogP contribution in [0.4, 0.5) is 0 Å². The van der Waals surface area contributed by atoms with Gasteiger partial charge in [-0.25, -0.2) is 9.59 Å². The molecule has 162 valence electrons. The SMILES string of the molecule is C=C(C(=O)O[C@H]1CC(C)=C2C(=O)C=C(C)[C@H]2[C@@H]2OC(=O)[C@@](C)(OC(C)=O)[C@@H]21)[C@@H](C)O. The van der Waals surface area contributed by atoms with Crippen molar-refractivity contribution in [2.75, 3.05) is 0 Å². The van der Waals surface area contributed by atoms with Crippen molar-refractivity contribution in [1.82, 2.24) is 0 Å². The van der Waals surface area contributed by atoms with Gasteiger partial charge in [-0.3, -0.25) is 9.59 Å². The van der Waals surface area contributed by atoms with E-state index in [1.54, 1.807) is 13.8 Å². The van der Waals surface area contributed by atoms with Crippen LogP contribution in [-0.4, -0.2) is 52.7 Å². The Labute approximate surface area is 174 Å². The molecule has 0 bridgehead atoms. The molecule has 3 aliphatic rings. The fourth-order valence-corrected chi connectivity index (χ4v) is 4.71. The van der Waals surface area contributed by atoms with E-state index in [0.717, 1.165) is 5.57 Å². The lowest BCUT2D eigenvalue weighted by atomic mass is 9.77. The fourth-order valence-electron chi connectivity index (χ4n) is 4.71. The van der Waals surface area contributed by atoms with Gasteiger partial charge in [0.15, 0.2) is 5.78 Å². The number of rotatable bonds is 4. The molecule has 2 aliphatic carbocycles. The molecule has 1 heterocycles. The van der Waals surface area contributed by atoms with Crippen molar-refractivity contribution in [3.8, 4) is 0 Å². The Bertz CT molecular complexity index is 908. The van der Waals surface area contributed by atoms with Gasteiger partial charge in [-0.1, -0.05) is 17.7 Å². The smallest absolute Gasteiger partial charge is 0.351 e. The first kappa shape index (κ1) is 22.0. The summed E-state index contributed by atoms with van der Waals surface area (Å²) in [7, 11) is 0. The Balaban J connectivity index is 2.10. The van der Waals surface area contributed by atoms with Crippen LogP contribution in [0.5, 0.6) is 0 Å². The van der Waals surface area contributed by atoms with Crippen LogP contribution in [0.2, 0.25) is 0 Å². The van der Waals surface area contributed by atoms with Crippen LogP contribution >= 0.6 is 0 Å². The van der Waals surface area contributed by atoms with Gasteiger partial charge in [-0.15, -0.1) is 0 Å². The van der Waals surface area contributed by atoms with Crippen molar-refractivity contribution < 1.29 is 38.5 Å². The lowest BCUT2D eigenvalue weighted by Crippen LogP contribution is -2.50. The van der Waals surface area contributed by atoms with Gasteiger partial charge in [0.25, 0.3) is 0 Å². The van der Waals surface area contributed by atoms with Crippen LogP contribution < -0.4 is 0 Å². The summed E-state index contributed by atoms with van der Waals surface area (Å²) in [4.78, 5) is 49.8. The van der Waals surface area contributed by atoms with E-state index in [0.29, 0.717) is 11.1 Å². The van der Waals surface area contributed by atoms with E-state index in [9.17, 15) is 24.3 Å². The predicted molar refractivity (Wildman–Crippen MR) is 104 cm³/mol. The summed E-state index contributed by atoms with van der Waals surface area (Å²) in [5.41, 5.74) is 0.0943. The number of carbonyl (C=O) groups excluding carboxylic acids is 4. The van der Waals surface area contributed by atoms with Crippen LogP contribution in [0, 0.1) is 11.8 Å². The van der Waals surface area contributed by atoms with Gasteiger partial charge in [0.2, 0.25) is 5.60 Å². The Morgan fingerprint density at radius 3 is 2.53 bits per heavy atom. The zero-order valence-electron chi connectivity index (χ0n) is 17.7. The third kappa shape index (κ3) is 3.39. The van der Waals surface area contributed by atoms with E-state index in [1.165, 1.54) is 26.8 Å². The highest BCUT2D eigenvalue weighted by atomic mass is 16.6. The number of ether oxygens (including phenoxy) is 3. The number of fused-ring (bicyclic) bond motifs is 3. The molecule has 8 heteroatoms. The molecule has 30 heavy (non-hydrogen) atoms.